The van der Waals surface area contributed by atoms with Crippen molar-refractivity contribution in [2.24, 2.45) is 0 Å². The molecule has 2 aromatic heterocycles. The summed E-state index contributed by atoms with van der Waals surface area (Å²) in [5, 5.41) is 4.79. The van der Waals surface area contributed by atoms with Gasteiger partial charge in [-0.05, 0) is 17.2 Å². The van der Waals surface area contributed by atoms with E-state index in [1.165, 1.54) is 5.46 Å². The summed E-state index contributed by atoms with van der Waals surface area (Å²) in [5.74, 6) is 0.738. The molecule has 0 fully saturated rings. The number of hydrogen-bond acceptors (Lipinski definition) is 2. The highest BCUT2D eigenvalue weighted by molar-refractivity contribution is 6.32. The van der Waals surface area contributed by atoms with E-state index in [1.807, 2.05) is 16.6 Å². The minimum absolute atomic E-state index is 0.738. The fraction of sp³-hybridized carbons (Fsp3) is 0. The summed E-state index contributed by atoms with van der Waals surface area (Å²) in [5.41, 5.74) is 7.60. The highest BCUT2D eigenvalue weighted by atomic mass is 15.3. The zero-order valence-electron chi connectivity index (χ0n) is 15.6. The van der Waals surface area contributed by atoms with Crippen molar-refractivity contribution in [1.29, 1.82) is 0 Å². The van der Waals surface area contributed by atoms with Crippen LogP contribution in [0.15, 0.2) is 97.2 Å². The van der Waals surface area contributed by atoms with Crippen molar-refractivity contribution >= 4 is 19.0 Å². The molecule has 0 aliphatic carbocycles. The normalized spacial score (nSPS) is 11.0. The van der Waals surface area contributed by atoms with Crippen LogP contribution in [0.1, 0.15) is 0 Å². The Bertz CT molecular complexity index is 1240. The van der Waals surface area contributed by atoms with Crippen LogP contribution in [0, 0.1) is 0 Å². The minimum Gasteiger partial charge on any atom is -0.219 e. The van der Waals surface area contributed by atoms with E-state index in [0.717, 1.165) is 39.3 Å². The van der Waals surface area contributed by atoms with Gasteiger partial charge in [-0.3, -0.25) is 0 Å². The van der Waals surface area contributed by atoms with Gasteiger partial charge in [0.2, 0.25) is 0 Å². The highest BCUT2D eigenvalue weighted by Gasteiger charge is 2.13. The van der Waals surface area contributed by atoms with Crippen LogP contribution < -0.4 is 5.46 Å². The van der Waals surface area contributed by atoms with E-state index in [9.17, 15) is 0 Å². The molecule has 0 N–H and O–H groups in total. The lowest BCUT2D eigenvalue weighted by molar-refractivity contribution is 0.968. The Balaban J connectivity index is 1.75. The average Bonchev–Trinajstić information content (AvgIpc) is 3.19. The van der Waals surface area contributed by atoms with E-state index < -0.39 is 0 Å². The maximum atomic E-state index is 4.88. The monoisotopic (exact) mass is 359 g/mol. The van der Waals surface area contributed by atoms with Gasteiger partial charge in [0.05, 0.1) is 0 Å². The number of nitrogens with zero attached hydrogens (tertiary/aromatic N) is 3. The Morgan fingerprint density at radius 2 is 1.29 bits per heavy atom. The summed E-state index contributed by atoms with van der Waals surface area (Å²) in [7, 11) is 2.08. The number of fused-ring (bicyclic) bond motifs is 1. The van der Waals surface area contributed by atoms with Crippen LogP contribution in [-0.2, 0) is 0 Å². The molecule has 0 unspecified atom stereocenters. The third-order valence-corrected chi connectivity index (χ3v) is 4.94. The molecule has 0 saturated carbocycles. The van der Waals surface area contributed by atoms with E-state index >= 15 is 0 Å². The molecule has 28 heavy (non-hydrogen) atoms. The van der Waals surface area contributed by atoms with E-state index in [2.05, 4.69) is 92.9 Å². The Labute approximate surface area is 164 Å². The molecule has 5 rings (SSSR count). The van der Waals surface area contributed by atoms with Crippen molar-refractivity contribution in [1.82, 2.24) is 14.6 Å². The number of rotatable bonds is 3. The minimum atomic E-state index is 0.738. The first-order valence-corrected chi connectivity index (χ1v) is 9.36. The van der Waals surface area contributed by atoms with Gasteiger partial charge < -0.3 is 0 Å². The van der Waals surface area contributed by atoms with Gasteiger partial charge in [-0.15, -0.1) is 5.10 Å². The second kappa shape index (κ2) is 6.82. The molecule has 0 amide bonds. The molecule has 0 atom stereocenters. The lowest BCUT2D eigenvalue weighted by atomic mass is 9.95. The van der Waals surface area contributed by atoms with Gasteiger partial charge >= 0.3 is 0 Å². The van der Waals surface area contributed by atoms with Gasteiger partial charge in [-0.25, -0.2) is 9.50 Å². The summed E-state index contributed by atoms with van der Waals surface area (Å²) in [6.45, 7) is 0. The molecule has 132 valence electrons. The van der Waals surface area contributed by atoms with Gasteiger partial charge in [0.25, 0.3) is 0 Å². The summed E-state index contributed by atoms with van der Waals surface area (Å²) >= 11 is 0. The van der Waals surface area contributed by atoms with E-state index in [-0.39, 0.29) is 0 Å². The predicted octanol–water partition coefficient (Wildman–Crippen LogP) is 3.99. The van der Waals surface area contributed by atoms with Crippen LogP contribution in [0.25, 0.3) is 39.3 Å². The van der Waals surface area contributed by atoms with Crippen LogP contribution >= 0.6 is 0 Å². The fourth-order valence-electron chi connectivity index (χ4n) is 3.43. The quantitative estimate of drug-likeness (QED) is 0.456. The molecule has 4 heteroatoms. The predicted molar refractivity (Wildman–Crippen MR) is 117 cm³/mol. The fourth-order valence-corrected chi connectivity index (χ4v) is 3.43. The molecular formula is C24H18BN3. The second-order valence-corrected chi connectivity index (χ2v) is 6.94. The van der Waals surface area contributed by atoms with Crippen molar-refractivity contribution in [3.8, 4) is 33.6 Å². The molecule has 0 saturated heterocycles. The third kappa shape index (κ3) is 2.99. The van der Waals surface area contributed by atoms with Gasteiger partial charge in [0, 0.05) is 22.9 Å². The van der Waals surface area contributed by atoms with Gasteiger partial charge in [0.15, 0.2) is 11.5 Å². The van der Waals surface area contributed by atoms with Gasteiger partial charge in [-0.1, -0.05) is 90.4 Å². The Morgan fingerprint density at radius 1 is 0.643 bits per heavy atom. The van der Waals surface area contributed by atoms with Crippen molar-refractivity contribution in [3.05, 3.63) is 97.2 Å². The average molecular weight is 359 g/mol. The number of aromatic nitrogens is 3. The first-order valence-electron chi connectivity index (χ1n) is 9.36. The van der Waals surface area contributed by atoms with Crippen molar-refractivity contribution in [2.75, 3.05) is 0 Å². The molecule has 5 aromatic rings. The summed E-state index contributed by atoms with van der Waals surface area (Å²) in [6.07, 6.45) is 2.06. The maximum Gasteiger partial charge on any atom is 0.182 e. The van der Waals surface area contributed by atoms with Crippen molar-refractivity contribution in [2.45, 2.75) is 0 Å². The van der Waals surface area contributed by atoms with E-state index in [1.54, 1.807) is 0 Å². The molecule has 0 radical (unpaired) electrons. The lowest BCUT2D eigenvalue weighted by Crippen LogP contribution is -1.99. The SMILES string of the molecule is Bc1ccc(-c2nc3c(-c4ccccc4)cc(-c4ccccc4)cn3n2)cc1. The standard InChI is InChI=1S/C24H18BN3/c25-21-13-11-19(12-14-21)23-26-24-22(18-9-5-2-6-10-18)15-20(16-28(24)27-23)17-7-3-1-4-8-17/h1-16H,25H2. The molecule has 0 bridgehead atoms. The molecule has 0 aliphatic heterocycles. The third-order valence-electron chi connectivity index (χ3n) is 4.94. The van der Waals surface area contributed by atoms with Crippen molar-refractivity contribution < 1.29 is 0 Å². The van der Waals surface area contributed by atoms with Crippen LogP contribution in [0.4, 0.5) is 0 Å². The zero-order chi connectivity index (χ0) is 18.9. The van der Waals surface area contributed by atoms with E-state index in [0.29, 0.717) is 0 Å². The number of benzene rings is 3. The molecule has 3 aromatic carbocycles. The Hall–Kier alpha value is -3.66. The summed E-state index contributed by atoms with van der Waals surface area (Å²) in [4.78, 5) is 4.88. The van der Waals surface area contributed by atoms with Gasteiger partial charge in [-0.2, -0.15) is 0 Å². The second-order valence-electron chi connectivity index (χ2n) is 6.94. The molecule has 0 aliphatic rings. The largest absolute Gasteiger partial charge is 0.219 e. The summed E-state index contributed by atoms with van der Waals surface area (Å²) in [6, 6.07) is 31.3. The summed E-state index contributed by atoms with van der Waals surface area (Å²) < 4.78 is 1.90. The number of hydrogen-bond donors (Lipinski definition) is 0. The van der Waals surface area contributed by atoms with Crippen LogP contribution in [0.3, 0.4) is 0 Å². The van der Waals surface area contributed by atoms with E-state index in [4.69, 9.17) is 10.1 Å². The first kappa shape index (κ1) is 16.5. The number of pyridine rings is 1. The first-order chi connectivity index (χ1) is 13.8. The Kier molecular flexibility index (Phi) is 4.02. The lowest BCUT2D eigenvalue weighted by Gasteiger charge is -2.08. The zero-order valence-corrected chi connectivity index (χ0v) is 15.6. The molecule has 2 heterocycles. The molecular weight excluding hydrogens is 341 g/mol. The smallest absolute Gasteiger partial charge is 0.182 e. The molecule has 3 nitrogen and oxygen atoms in total. The topological polar surface area (TPSA) is 30.2 Å². The van der Waals surface area contributed by atoms with Crippen LogP contribution in [-0.4, -0.2) is 22.4 Å². The molecule has 0 spiro atoms. The van der Waals surface area contributed by atoms with Gasteiger partial charge in [0.1, 0.15) is 7.85 Å². The highest BCUT2D eigenvalue weighted by Crippen LogP contribution is 2.30. The van der Waals surface area contributed by atoms with Crippen molar-refractivity contribution in [3.63, 3.8) is 0 Å². The maximum absolute atomic E-state index is 4.88. The van der Waals surface area contributed by atoms with Crippen LogP contribution in [0.2, 0.25) is 0 Å². The Morgan fingerprint density at radius 3 is 1.96 bits per heavy atom. The van der Waals surface area contributed by atoms with Crippen LogP contribution in [0.5, 0.6) is 0 Å².